The Hall–Kier alpha value is -1.58. The first-order valence-electron chi connectivity index (χ1n) is 6.03. The van der Waals surface area contributed by atoms with Crippen molar-refractivity contribution >= 4 is 11.6 Å². The maximum absolute atomic E-state index is 13.9. The Labute approximate surface area is 117 Å². The zero-order chi connectivity index (χ0) is 13.8. The molecule has 2 rings (SSSR count). The van der Waals surface area contributed by atoms with Gasteiger partial charge >= 0.3 is 0 Å². The van der Waals surface area contributed by atoms with Crippen LogP contribution in [0.15, 0.2) is 36.4 Å². The first-order chi connectivity index (χ1) is 9.11. The minimum atomic E-state index is -0.351. The second-order valence-electron chi connectivity index (χ2n) is 4.28. The quantitative estimate of drug-likeness (QED) is 0.915. The largest absolute Gasteiger partial charge is 0.454 e. The zero-order valence-corrected chi connectivity index (χ0v) is 11.4. The van der Waals surface area contributed by atoms with Crippen molar-refractivity contribution in [2.75, 3.05) is 6.54 Å². The van der Waals surface area contributed by atoms with Gasteiger partial charge in [0.1, 0.15) is 5.75 Å². The van der Waals surface area contributed by atoms with E-state index in [9.17, 15) is 4.39 Å². The Morgan fingerprint density at radius 3 is 2.74 bits per heavy atom. The van der Waals surface area contributed by atoms with Crippen molar-refractivity contribution < 1.29 is 9.13 Å². The van der Waals surface area contributed by atoms with E-state index >= 15 is 0 Å². The van der Waals surface area contributed by atoms with Crippen LogP contribution in [-0.4, -0.2) is 6.54 Å². The summed E-state index contributed by atoms with van der Waals surface area (Å²) in [7, 11) is 0. The topological polar surface area (TPSA) is 35.2 Å². The summed E-state index contributed by atoms with van der Waals surface area (Å²) in [5, 5.41) is 0.612. The lowest BCUT2D eigenvalue weighted by Crippen LogP contribution is -2.04. The molecule has 4 heteroatoms. The summed E-state index contributed by atoms with van der Waals surface area (Å²) >= 11 is 5.94. The molecule has 0 aliphatic rings. The van der Waals surface area contributed by atoms with E-state index in [1.165, 1.54) is 0 Å². The maximum Gasteiger partial charge on any atom is 0.168 e. The summed E-state index contributed by atoms with van der Waals surface area (Å²) in [6, 6.07) is 10.3. The third kappa shape index (κ3) is 3.25. The predicted octanol–water partition coefficient (Wildman–Crippen LogP) is 4.08. The molecule has 0 aromatic heterocycles. The van der Waals surface area contributed by atoms with Gasteiger partial charge in [-0.25, -0.2) is 4.39 Å². The second kappa shape index (κ2) is 6.04. The van der Waals surface area contributed by atoms with Gasteiger partial charge in [0.05, 0.1) is 0 Å². The fourth-order valence-electron chi connectivity index (χ4n) is 1.82. The molecule has 0 unspecified atom stereocenters. The standard InChI is InChI=1S/C15H15ClFNO/c1-10-3-2-4-14(15(10)17)19-13-6-5-12(16)9-11(13)7-8-18/h2-6,9H,7-8,18H2,1H3. The van der Waals surface area contributed by atoms with Crippen molar-refractivity contribution in [1.82, 2.24) is 0 Å². The number of ether oxygens (including phenoxy) is 1. The molecule has 0 atom stereocenters. The molecular formula is C15H15ClFNO. The highest BCUT2D eigenvalue weighted by atomic mass is 35.5. The molecule has 19 heavy (non-hydrogen) atoms. The highest BCUT2D eigenvalue weighted by Gasteiger charge is 2.10. The lowest BCUT2D eigenvalue weighted by molar-refractivity contribution is 0.435. The number of hydrogen-bond acceptors (Lipinski definition) is 2. The van der Waals surface area contributed by atoms with Crippen molar-refractivity contribution in [2.45, 2.75) is 13.3 Å². The Morgan fingerprint density at radius 2 is 2.00 bits per heavy atom. The lowest BCUT2D eigenvalue weighted by Gasteiger charge is -2.12. The van der Waals surface area contributed by atoms with Gasteiger partial charge in [0.2, 0.25) is 0 Å². The molecule has 0 radical (unpaired) electrons. The molecule has 0 saturated carbocycles. The average molecular weight is 280 g/mol. The van der Waals surface area contributed by atoms with Crippen LogP contribution in [0.1, 0.15) is 11.1 Å². The molecule has 2 N–H and O–H groups in total. The van der Waals surface area contributed by atoms with Crippen molar-refractivity contribution in [3.05, 3.63) is 58.4 Å². The number of benzene rings is 2. The molecule has 0 aliphatic carbocycles. The minimum absolute atomic E-state index is 0.209. The Morgan fingerprint density at radius 1 is 1.21 bits per heavy atom. The van der Waals surface area contributed by atoms with E-state index in [1.807, 2.05) is 0 Å². The van der Waals surface area contributed by atoms with Gasteiger partial charge in [0, 0.05) is 5.02 Å². The Bertz CT molecular complexity index is 586. The van der Waals surface area contributed by atoms with E-state index in [2.05, 4.69) is 0 Å². The van der Waals surface area contributed by atoms with Crippen LogP contribution >= 0.6 is 11.6 Å². The maximum atomic E-state index is 13.9. The summed E-state index contributed by atoms with van der Waals surface area (Å²) in [6.45, 7) is 2.18. The molecule has 0 aliphatic heterocycles. The van der Waals surface area contributed by atoms with Gasteiger partial charge in [-0.1, -0.05) is 23.7 Å². The molecule has 0 fully saturated rings. The summed E-state index contributed by atoms with van der Waals surface area (Å²) in [6.07, 6.45) is 0.628. The first kappa shape index (κ1) is 13.8. The molecule has 2 aromatic carbocycles. The molecule has 0 saturated heterocycles. The van der Waals surface area contributed by atoms with Gasteiger partial charge in [-0.3, -0.25) is 0 Å². The Kier molecular flexibility index (Phi) is 4.40. The first-order valence-corrected chi connectivity index (χ1v) is 6.41. The molecule has 0 spiro atoms. The molecule has 2 aromatic rings. The smallest absolute Gasteiger partial charge is 0.168 e. The summed E-state index contributed by atoms with van der Waals surface area (Å²) in [5.74, 6) is 0.441. The van der Waals surface area contributed by atoms with Gasteiger partial charge in [-0.2, -0.15) is 0 Å². The van der Waals surface area contributed by atoms with E-state index in [0.29, 0.717) is 29.3 Å². The normalized spacial score (nSPS) is 10.5. The Balaban J connectivity index is 2.35. The average Bonchev–Trinajstić information content (AvgIpc) is 2.38. The third-order valence-electron chi connectivity index (χ3n) is 2.81. The summed E-state index contributed by atoms with van der Waals surface area (Å²) in [5.41, 5.74) is 6.97. The molecule has 2 nitrogen and oxygen atoms in total. The van der Waals surface area contributed by atoms with E-state index in [4.69, 9.17) is 22.1 Å². The van der Waals surface area contributed by atoms with Crippen molar-refractivity contribution in [2.24, 2.45) is 5.73 Å². The van der Waals surface area contributed by atoms with Gasteiger partial charge in [-0.15, -0.1) is 0 Å². The highest BCUT2D eigenvalue weighted by molar-refractivity contribution is 6.30. The van der Waals surface area contributed by atoms with Gasteiger partial charge in [0.25, 0.3) is 0 Å². The van der Waals surface area contributed by atoms with Crippen LogP contribution in [0.25, 0.3) is 0 Å². The molecule has 0 heterocycles. The van der Waals surface area contributed by atoms with Crippen LogP contribution in [0.4, 0.5) is 4.39 Å². The number of halogens is 2. The third-order valence-corrected chi connectivity index (χ3v) is 3.05. The van der Waals surface area contributed by atoms with Crippen LogP contribution in [0.5, 0.6) is 11.5 Å². The van der Waals surface area contributed by atoms with E-state index in [1.54, 1.807) is 43.3 Å². The van der Waals surface area contributed by atoms with Gasteiger partial charge in [0.15, 0.2) is 11.6 Å². The SMILES string of the molecule is Cc1cccc(Oc2ccc(Cl)cc2CCN)c1F. The number of aryl methyl sites for hydroxylation is 1. The predicted molar refractivity (Wildman–Crippen MR) is 75.4 cm³/mol. The molecule has 0 amide bonds. The number of nitrogens with two attached hydrogens (primary N) is 1. The van der Waals surface area contributed by atoms with Crippen LogP contribution in [0.3, 0.4) is 0 Å². The van der Waals surface area contributed by atoms with Gasteiger partial charge in [-0.05, 0) is 55.3 Å². The lowest BCUT2D eigenvalue weighted by atomic mass is 10.1. The summed E-state index contributed by atoms with van der Waals surface area (Å²) in [4.78, 5) is 0. The van der Waals surface area contributed by atoms with Crippen LogP contribution in [-0.2, 0) is 6.42 Å². The van der Waals surface area contributed by atoms with Crippen LogP contribution in [0, 0.1) is 12.7 Å². The molecule has 0 bridgehead atoms. The fraction of sp³-hybridized carbons (Fsp3) is 0.200. The van der Waals surface area contributed by atoms with Crippen molar-refractivity contribution in [1.29, 1.82) is 0 Å². The van der Waals surface area contributed by atoms with Crippen molar-refractivity contribution in [3.8, 4) is 11.5 Å². The fourth-order valence-corrected chi connectivity index (χ4v) is 2.01. The molecular weight excluding hydrogens is 265 g/mol. The second-order valence-corrected chi connectivity index (χ2v) is 4.72. The van der Waals surface area contributed by atoms with E-state index in [0.717, 1.165) is 5.56 Å². The summed E-state index contributed by atoms with van der Waals surface area (Å²) < 4.78 is 19.5. The highest BCUT2D eigenvalue weighted by Crippen LogP contribution is 2.30. The number of hydrogen-bond donors (Lipinski definition) is 1. The molecule has 100 valence electrons. The van der Waals surface area contributed by atoms with Crippen molar-refractivity contribution in [3.63, 3.8) is 0 Å². The van der Waals surface area contributed by atoms with Crippen LogP contribution in [0.2, 0.25) is 5.02 Å². The monoisotopic (exact) mass is 279 g/mol. The number of rotatable bonds is 4. The van der Waals surface area contributed by atoms with E-state index < -0.39 is 0 Å². The minimum Gasteiger partial charge on any atom is -0.454 e. The van der Waals surface area contributed by atoms with Crippen LogP contribution < -0.4 is 10.5 Å². The zero-order valence-electron chi connectivity index (χ0n) is 10.6. The van der Waals surface area contributed by atoms with E-state index in [-0.39, 0.29) is 11.6 Å². The van der Waals surface area contributed by atoms with Gasteiger partial charge < -0.3 is 10.5 Å².